The van der Waals surface area contributed by atoms with Crippen LogP contribution in [0.3, 0.4) is 0 Å². The number of carbonyl (C=O) groups is 1. The Morgan fingerprint density at radius 2 is 1.93 bits per heavy atom. The molecule has 2 rings (SSSR count). The molecule has 1 amide bonds. The summed E-state index contributed by atoms with van der Waals surface area (Å²) in [5.41, 5.74) is 2.02. The molecule has 1 aliphatic heterocycles. The summed E-state index contributed by atoms with van der Waals surface area (Å²) in [4.78, 5) is 11.7. The van der Waals surface area contributed by atoms with Gasteiger partial charge in [0.15, 0.2) is 0 Å². The first-order valence-corrected chi connectivity index (χ1v) is 5.42. The van der Waals surface area contributed by atoms with E-state index in [1.807, 2.05) is 20.8 Å². The van der Waals surface area contributed by atoms with E-state index in [1.165, 1.54) is 0 Å². The summed E-state index contributed by atoms with van der Waals surface area (Å²) in [6.07, 6.45) is 0. The van der Waals surface area contributed by atoms with Crippen molar-refractivity contribution in [3.05, 3.63) is 27.2 Å². The minimum absolute atomic E-state index is 0.0149. The Bertz CT molecular complexity index is 466. The van der Waals surface area contributed by atoms with Crippen molar-refractivity contribution in [1.82, 2.24) is 0 Å². The van der Waals surface area contributed by atoms with Crippen molar-refractivity contribution in [3.63, 3.8) is 0 Å². The molecule has 0 aromatic heterocycles. The van der Waals surface area contributed by atoms with Crippen LogP contribution in [0.2, 0.25) is 10.0 Å². The third-order valence-electron chi connectivity index (χ3n) is 2.93. The van der Waals surface area contributed by atoms with Gasteiger partial charge in [-0.05, 0) is 38.0 Å². The van der Waals surface area contributed by atoms with Crippen molar-refractivity contribution >= 4 is 34.8 Å². The van der Waals surface area contributed by atoms with E-state index < -0.39 is 5.41 Å². The fourth-order valence-electron chi connectivity index (χ4n) is 1.80. The van der Waals surface area contributed by atoms with E-state index >= 15 is 0 Å². The van der Waals surface area contributed by atoms with Crippen LogP contribution in [0.1, 0.15) is 25.0 Å². The van der Waals surface area contributed by atoms with Crippen LogP contribution in [-0.4, -0.2) is 5.91 Å². The van der Waals surface area contributed by atoms with E-state index in [0.29, 0.717) is 10.0 Å². The number of benzene rings is 1. The highest BCUT2D eigenvalue weighted by atomic mass is 35.5. The third-order valence-corrected chi connectivity index (χ3v) is 3.82. The highest BCUT2D eigenvalue weighted by Crippen LogP contribution is 2.44. The molecule has 0 aliphatic carbocycles. The Balaban J connectivity index is 2.76. The van der Waals surface area contributed by atoms with Crippen molar-refractivity contribution in [2.45, 2.75) is 26.2 Å². The molecular weight excluding hydrogens is 233 g/mol. The van der Waals surface area contributed by atoms with Crippen molar-refractivity contribution in [3.8, 4) is 0 Å². The maximum Gasteiger partial charge on any atom is 0.234 e. The summed E-state index contributed by atoms with van der Waals surface area (Å²) >= 11 is 12.0. The van der Waals surface area contributed by atoms with Crippen LogP contribution < -0.4 is 5.32 Å². The Morgan fingerprint density at radius 1 is 1.33 bits per heavy atom. The van der Waals surface area contributed by atoms with Gasteiger partial charge in [-0.15, -0.1) is 0 Å². The van der Waals surface area contributed by atoms with Gasteiger partial charge in [-0.1, -0.05) is 23.2 Å². The zero-order valence-corrected chi connectivity index (χ0v) is 10.3. The maximum absolute atomic E-state index is 11.7. The molecule has 1 aromatic rings. The van der Waals surface area contributed by atoms with Gasteiger partial charge in [0.25, 0.3) is 0 Å². The monoisotopic (exact) mass is 243 g/mol. The molecule has 1 aromatic carbocycles. The quantitative estimate of drug-likeness (QED) is 0.743. The number of hydrogen-bond acceptors (Lipinski definition) is 1. The highest BCUT2D eigenvalue weighted by Gasteiger charge is 2.39. The lowest BCUT2D eigenvalue weighted by Crippen LogP contribution is -2.26. The predicted octanol–water partition coefficient (Wildman–Crippen LogP) is 3.53. The van der Waals surface area contributed by atoms with Gasteiger partial charge >= 0.3 is 0 Å². The van der Waals surface area contributed by atoms with E-state index in [2.05, 4.69) is 5.32 Å². The highest BCUT2D eigenvalue weighted by molar-refractivity contribution is 6.43. The van der Waals surface area contributed by atoms with Crippen LogP contribution in [0.5, 0.6) is 0 Å². The van der Waals surface area contributed by atoms with Gasteiger partial charge < -0.3 is 5.32 Å². The zero-order valence-electron chi connectivity index (χ0n) is 8.74. The fourth-order valence-corrected chi connectivity index (χ4v) is 2.20. The minimum atomic E-state index is -0.533. The number of hydrogen-bond donors (Lipinski definition) is 1. The molecule has 80 valence electrons. The SMILES string of the molecule is Cc1c(Cl)c(Cl)cc2c1NC(=O)C2(C)C. The van der Waals surface area contributed by atoms with E-state index in [1.54, 1.807) is 6.07 Å². The summed E-state index contributed by atoms with van der Waals surface area (Å²) < 4.78 is 0. The number of carbonyl (C=O) groups excluding carboxylic acids is 1. The van der Waals surface area contributed by atoms with Crippen LogP contribution in [0.4, 0.5) is 5.69 Å². The lowest BCUT2D eigenvalue weighted by atomic mass is 9.85. The lowest BCUT2D eigenvalue weighted by molar-refractivity contribution is -0.119. The average molecular weight is 244 g/mol. The fraction of sp³-hybridized carbons (Fsp3) is 0.364. The van der Waals surface area contributed by atoms with Gasteiger partial charge in [-0.3, -0.25) is 4.79 Å². The largest absolute Gasteiger partial charge is 0.325 e. The molecule has 4 heteroatoms. The second-order valence-corrected chi connectivity index (χ2v) is 5.08. The minimum Gasteiger partial charge on any atom is -0.325 e. The second-order valence-electron chi connectivity index (χ2n) is 4.30. The Morgan fingerprint density at radius 3 is 2.53 bits per heavy atom. The molecule has 0 spiro atoms. The summed E-state index contributed by atoms with van der Waals surface area (Å²) in [5, 5.41) is 3.85. The molecule has 0 fully saturated rings. The van der Waals surface area contributed by atoms with Crippen molar-refractivity contribution < 1.29 is 4.79 Å². The summed E-state index contributed by atoms with van der Waals surface area (Å²) in [5.74, 6) is -0.0149. The molecule has 0 unspecified atom stereocenters. The van der Waals surface area contributed by atoms with Gasteiger partial charge in [0.05, 0.1) is 15.5 Å². The van der Waals surface area contributed by atoms with Gasteiger partial charge in [0.1, 0.15) is 0 Å². The summed E-state index contributed by atoms with van der Waals surface area (Å²) in [6.45, 7) is 5.60. The third kappa shape index (κ3) is 1.35. The smallest absolute Gasteiger partial charge is 0.234 e. The zero-order chi connectivity index (χ0) is 11.4. The lowest BCUT2D eigenvalue weighted by Gasteiger charge is -2.16. The molecule has 0 radical (unpaired) electrons. The molecular formula is C11H11Cl2NO. The number of rotatable bonds is 0. The standard InChI is InChI=1S/C11H11Cl2NO/c1-5-8(13)7(12)4-6-9(5)14-10(15)11(6,2)3/h4H,1-3H3,(H,14,15). The molecule has 0 saturated heterocycles. The number of halogens is 2. The van der Waals surface area contributed by atoms with Crippen LogP contribution in [0.15, 0.2) is 6.07 Å². The first kappa shape index (κ1) is 10.8. The van der Waals surface area contributed by atoms with Crippen molar-refractivity contribution in [2.24, 2.45) is 0 Å². The Kier molecular flexibility index (Phi) is 2.25. The number of amides is 1. The average Bonchev–Trinajstić information content (AvgIpc) is 2.38. The van der Waals surface area contributed by atoms with Crippen molar-refractivity contribution in [1.29, 1.82) is 0 Å². The maximum atomic E-state index is 11.7. The van der Waals surface area contributed by atoms with Gasteiger partial charge in [-0.2, -0.15) is 0 Å². The normalized spacial score (nSPS) is 17.5. The van der Waals surface area contributed by atoms with E-state index in [0.717, 1.165) is 16.8 Å². The molecule has 15 heavy (non-hydrogen) atoms. The van der Waals surface area contributed by atoms with Gasteiger partial charge in [0, 0.05) is 5.69 Å². The van der Waals surface area contributed by atoms with Crippen molar-refractivity contribution in [2.75, 3.05) is 5.32 Å². The van der Waals surface area contributed by atoms with Gasteiger partial charge in [0.2, 0.25) is 5.91 Å². The van der Waals surface area contributed by atoms with Crippen LogP contribution in [0, 0.1) is 6.92 Å². The molecule has 1 aliphatic rings. The summed E-state index contributed by atoms with van der Waals surface area (Å²) in [7, 11) is 0. The number of anilines is 1. The Labute approximate surface area is 98.6 Å². The van der Waals surface area contributed by atoms with Crippen LogP contribution in [-0.2, 0) is 10.2 Å². The van der Waals surface area contributed by atoms with E-state index in [9.17, 15) is 4.79 Å². The van der Waals surface area contributed by atoms with Gasteiger partial charge in [-0.25, -0.2) is 0 Å². The predicted molar refractivity (Wildman–Crippen MR) is 62.9 cm³/mol. The molecule has 0 saturated carbocycles. The second kappa shape index (κ2) is 3.13. The molecule has 0 bridgehead atoms. The van der Waals surface area contributed by atoms with Crippen LogP contribution in [0.25, 0.3) is 0 Å². The first-order chi connectivity index (χ1) is 6.85. The molecule has 1 N–H and O–H groups in total. The Hall–Kier alpha value is -0.730. The topological polar surface area (TPSA) is 29.1 Å². The first-order valence-electron chi connectivity index (χ1n) is 4.66. The molecule has 1 heterocycles. The molecule has 2 nitrogen and oxygen atoms in total. The summed E-state index contributed by atoms with van der Waals surface area (Å²) in [6, 6.07) is 1.77. The molecule has 0 atom stereocenters. The van der Waals surface area contributed by atoms with E-state index in [-0.39, 0.29) is 5.91 Å². The number of fused-ring (bicyclic) bond motifs is 1. The van der Waals surface area contributed by atoms with E-state index in [4.69, 9.17) is 23.2 Å². The van der Waals surface area contributed by atoms with Crippen LogP contribution >= 0.6 is 23.2 Å². The number of nitrogens with one attached hydrogen (secondary N) is 1.